The number of esters is 1. The van der Waals surface area contributed by atoms with Gasteiger partial charge in [0.25, 0.3) is 5.56 Å². The van der Waals surface area contributed by atoms with Gasteiger partial charge >= 0.3 is 5.97 Å². The Labute approximate surface area is 251 Å². The second kappa shape index (κ2) is 13.7. The molecule has 214 valence electrons. The molecule has 10 heteroatoms. The minimum Gasteiger partial charge on any atom is -0.496 e. The van der Waals surface area contributed by atoms with E-state index in [1.807, 2.05) is 32.0 Å². The zero-order valence-electron chi connectivity index (χ0n) is 23.4. The molecule has 0 saturated heterocycles. The predicted octanol–water partition coefficient (Wildman–Crippen LogP) is 4.76. The van der Waals surface area contributed by atoms with Crippen LogP contribution >= 0.6 is 27.3 Å². The number of rotatable bonds is 11. The largest absolute Gasteiger partial charge is 0.496 e. The van der Waals surface area contributed by atoms with Gasteiger partial charge in [-0.15, -0.1) is 6.42 Å². The minimum atomic E-state index is -0.727. The van der Waals surface area contributed by atoms with Gasteiger partial charge in [-0.2, -0.15) is 0 Å². The Morgan fingerprint density at radius 2 is 1.90 bits per heavy atom. The molecule has 1 aliphatic heterocycles. The summed E-state index contributed by atoms with van der Waals surface area (Å²) in [6.45, 7) is 6.41. The highest BCUT2D eigenvalue weighted by Gasteiger charge is 2.34. The van der Waals surface area contributed by atoms with Crippen LogP contribution in [0.5, 0.6) is 17.2 Å². The number of fused-ring (bicyclic) bond motifs is 1. The average Bonchev–Trinajstić information content (AvgIpc) is 3.26. The molecule has 0 aliphatic carbocycles. The van der Waals surface area contributed by atoms with Crippen molar-refractivity contribution in [2.24, 2.45) is 4.99 Å². The number of carbonyl (C=O) groups excluding carboxylic acids is 1. The van der Waals surface area contributed by atoms with Crippen molar-refractivity contribution in [3.05, 3.63) is 83.0 Å². The number of hydrogen-bond donors (Lipinski definition) is 0. The van der Waals surface area contributed by atoms with E-state index in [-0.39, 0.29) is 18.8 Å². The van der Waals surface area contributed by atoms with Crippen LogP contribution in [0.1, 0.15) is 50.8 Å². The molecule has 1 atom stereocenters. The number of methoxy groups -OCH3 is 1. The fourth-order valence-electron chi connectivity index (χ4n) is 4.56. The summed E-state index contributed by atoms with van der Waals surface area (Å²) in [5, 5.41) is 0. The van der Waals surface area contributed by atoms with Crippen LogP contribution in [0.15, 0.2) is 61.9 Å². The zero-order chi connectivity index (χ0) is 29.5. The van der Waals surface area contributed by atoms with Gasteiger partial charge in [-0.25, -0.2) is 9.79 Å². The molecule has 2 heterocycles. The van der Waals surface area contributed by atoms with E-state index in [1.54, 1.807) is 42.9 Å². The maximum absolute atomic E-state index is 14.0. The molecule has 0 bridgehead atoms. The van der Waals surface area contributed by atoms with Gasteiger partial charge in [-0.3, -0.25) is 9.36 Å². The highest BCUT2D eigenvalue weighted by Crippen LogP contribution is 2.36. The summed E-state index contributed by atoms with van der Waals surface area (Å²) < 4.78 is 25.0. The molecule has 0 amide bonds. The highest BCUT2D eigenvalue weighted by molar-refractivity contribution is 9.10. The summed E-state index contributed by atoms with van der Waals surface area (Å²) in [6, 6.07) is 10.2. The molecule has 0 radical (unpaired) electrons. The normalized spacial score (nSPS) is 14.6. The van der Waals surface area contributed by atoms with Crippen molar-refractivity contribution in [3.8, 4) is 29.6 Å². The third-order valence-corrected chi connectivity index (χ3v) is 7.86. The molecule has 2 aromatic carbocycles. The maximum atomic E-state index is 14.0. The number of halogens is 1. The summed E-state index contributed by atoms with van der Waals surface area (Å²) >= 11 is 4.82. The fraction of sp³-hybridized carbons (Fsp3) is 0.323. The summed E-state index contributed by atoms with van der Waals surface area (Å²) in [6.07, 6.45) is 8.45. The summed E-state index contributed by atoms with van der Waals surface area (Å²) in [4.78, 5) is 32.7. The lowest BCUT2D eigenvalue weighted by molar-refractivity contribution is -0.139. The number of hydrogen-bond acceptors (Lipinski definition) is 8. The van der Waals surface area contributed by atoms with E-state index in [1.165, 1.54) is 11.3 Å². The first-order valence-corrected chi connectivity index (χ1v) is 14.9. The third-order valence-electron chi connectivity index (χ3n) is 6.26. The van der Waals surface area contributed by atoms with Crippen molar-refractivity contribution >= 4 is 39.3 Å². The molecule has 0 unspecified atom stereocenters. The van der Waals surface area contributed by atoms with Gasteiger partial charge in [0.2, 0.25) is 0 Å². The van der Waals surface area contributed by atoms with Gasteiger partial charge in [-0.05, 0) is 77.7 Å². The van der Waals surface area contributed by atoms with E-state index in [4.69, 9.17) is 30.4 Å². The number of benzene rings is 2. The lowest BCUT2D eigenvalue weighted by Crippen LogP contribution is -2.40. The minimum absolute atomic E-state index is 0.113. The first kappa shape index (κ1) is 30.2. The number of aromatic nitrogens is 1. The molecule has 0 spiro atoms. The Kier molecular flexibility index (Phi) is 10.1. The number of allylic oxidation sites excluding steroid dienone is 1. The van der Waals surface area contributed by atoms with Gasteiger partial charge in [0.15, 0.2) is 16.3 Å². The van der Waals surface area contributed by atoms with Crippen LogP contribution in [0.4, 0.5) is 0 Å². The van der Waals surface area contributed by atoms with E-state index in [2.05, 4.69) is 21.9 Å². The second-order valence-electron chi connectivity index (χ2n) is 8.94. The first-order valence-electron chi connectivity index (χ1n) is 13.2. The van der Waals surface area contributed by atoms with Crippen molar-refractivity contribution in [3.63, 3.8) is 0 Å². The summed E-state index contributed by atoms with van der Waals surface area (Å²) in [5.41, 5.74) is 2.18. The monoisotopic (exact) mass is 638 g/mol. The van der Waals surface area contributed by atoms with Gasteiger partial charge < -0.3 is 18.9 Å². The molecule has 1 aromatic heterocycles. The van der Waals surface area contributed by atoms with Crippen LogP contribution < -0.4 is 29.1 Å². The van der Waals surface area contributed by atoms with Crippen LogP contribution in [-0.4, -0.2) is 37.5 Å². The molecule has 0 saturated carbocycles. The van der Waals surface area contributed by atoms with Crippen LogP contribution in [0.3, 0.4) is 0 Å². The maximum Gasteiger partial charge on any atom is 0.338 e. The number of thiazole rings is 1. The molecule has 0 N–H and O–H groups in total. The Balaban J connectivity index is 1.93. The molecule has 41 heavy (non-hydrogen) atoms. The molecule has 1 aliphatic rings. The molecule has 4 rings (SSSR count). The quantitative estimate of drug-likeness (QED) is 0.222. The van der Waals surface area contributed by atoms with Crippen molar-refractivity contribution in [1.29, 1.82) is 0 Å². The Hall–Kier alpha value is -3.81. The molecule has 3 aromatic rings. The first-order chi connectivity index (χ1) is 19.9. The standard InChI is InChI=1S/C31H31BrN2O6S/c1-6-10-22-27(30(36)39-9-4)28(20-12-14-23(37-5)21(32)18-20)34-29(35)26(41-31(34)33-22)17-19-11-13-24(40-15-7-2)25(16-19)38-8-3/h2,11-14,16-18,28H,6,8-10,15H2,1,3-5H3/b26-17-/t28-/m1/s1. The fourth-order valence-corrected chi connectivity index (χ4v) is 6.14. The van der Waals surface area contributed by atoms with Gasteiger partial charge in [0, 0.05) is 0 Å². The summed E-state index contributed by atoms with van der Waals surface area (Å²) in [7, 11) is 1.58. The molecular formula is C31H31BrN2O6S. The summed E-state index contributed by atoms with van der Waals surface area (Å²) in [5.74, 6) is 3.65. The molecular weight excluding hydrogens is 608 g/mol. The van der Waals surface area contributed by atoms with Gasteiger partial charge in [0.1, 0.15) is 12.4 Å². The van der Waals surface area contributed by atoms with Crippen LogP contribution in [0, 0.1) is 12.3 Å². The van der Waals surface area contributed by atoms with Crippen molar-refractivity contribution in [2.45, 2.75) is 39.7 Å². The highest BCUT2D eigenvalue weighted by atomic mass is 79.9. The third kappa shape index (κ3) is 6.42. The van der Waals surface area contributed by atoms with Crippen LogP contribution in [0.2, 0.25) is 0 Å². The van der Waals surface area contributed by atoms with Crippen LogP contribution in [0.25, 0.3) is 6.08 Å². The Morgan fingerprint density at radius 1 is 1.12 bits per heavy atom. The lowest BCUT2D eigenvalue weighted by Gasteiger charge is -2.26. The predicted molar refractivity (Wildman–Crippen MR) is 162 cm³/mol. The van der Waals surface area contributed by atoms with E-state index in [9.17, 15) is 9.59 Å². The van der Waals surface area contributed by atoms with Crippen LogP contribution in [-0.2, 0) is 9.53 Å². The average molecular weight is 640 g/mol. The smallest absolute Gasteiger partial charge is 0.338 e. The molecule has 0 fully saturated rings. The van der Waals surface area contributed by atoms with Crippen molar-refractivity contribution in [2.75, 3.05) is 26.9 Å². The van der Waals surface area contributed by atoms with E-state index >= 15 is 0 Å². The van der Waals surface area contributed by atoms with E-state index < -0.39 is 12.0 Å². The number of ether oxygens (including phenoxy) is 4. The van der Waals surface area contributed by atoms with Gasteiger partial charge in [-0.1, -0.05) is 42.7 Å². The zero-order valence-corrected chi connectivity index (χ0v) is 25.8. The van der Waals surface area contributed by atoms with E-state index in [0.717, 1.165) is 17.5 Å². The Morgan fingerprint density at radius 3 is 2.56 bits per heavy atom. The van der Waals surface area contributed by atoms with Crippen molar-refractivity contribution < 1.29 is 23.7 Å². The van der Waals surface area contributed by atoms with Crippen molar-refractivity contribution in [1.82, 2.24) is 4.57 Å². The Bertz CT molecular complexity index is 1700. The number of terminal acetylenes is 1. The lowest BCUT2D eigenvalue weighted by atomic mass is 9.94. The SMILES string of the molecule is C#CCOc1ccc(/C=c2\sc3n(c2=O)[C@H](c2ccc(OC)c(Br)c2)C(C(=O)OCC)=C(CCC)N=3)cc1OCC. The van der Waals surface area contributed by atoms with Gasteiger partial charge in [0.05, 0.1) is 46.6 Å². The molecule has 8 nitrogen and oxygen atoms in total. The number of nitrogens with zero attached hydrogens (tertiary/aromatic N) is 2. The second-order valence-corrected chi connectivity index (χ2v) is 10.8. The van der Waals surface area contributed by atoms with E-state index in [0.29, 0.717) is 55.4 Å². The number of carbonyl (C=O) groups is 1. The topological polar surface area (TPSA) is 88.4 Å².